The summed E-state index contributed by atoms with van der Waals surface area (Å²) in [6.45, 7) is 3.48. The van der Waals surface area contributed by atoms with Gasteiger partial charge < -0.3 is 18.8 Å². The summed E-state index contributed by atoms with van der Waals surface area (Å²) < 4.78 is 18.6. The second kappa shape index (κ2) is 9.49. The molecule has 8 heteroatoms. The molecule has 3 aromatic rings. The largest absolute Gasteiger partial charge is 0.492 e. The van der Waals surface area contributed by atoms with Gasteiger partial charge in [0.2, 0.25) is 0 Å². The van der Waals surface area contributed by atoms with Gasteiger partial charge in [0.15, 0.2) is 4.80 Å². The van der Waals surface area contributed by atoms with E-state index in [0.717, 1.165) is 16.0 Å². The van der Waals surface area contributed by atoms with E-state index in [0.29, 0.717) is 35.7 Å². The Kier molecular flexibility index (Phi) is 6.79. The number of benzene rings is 2. The molecule has 0 unspecified atom stereocenters. The first-order valence-corrected chi connectivity index (χ1v) is 9.92. The van der Waals surface area contributed by atoms with Crippen molar-refractivity contribution in [2.45, 2.75) is 13.5 Å². The molecule has 0 aliphatic heterocycles. The predicted molar refractivity (Wildman–Crippen MR) is 111 cm³/mol. The van der Waals surface area contributed by atoms with Gasteiger partial charge in [-0.15, -0.1) is 0 Å². The van der Waals surface area contributed by atoms with Gasteiger partial charge >= 0.3 is 5.97 Å². The zero-order valence-corrected chi connectivity index (χ0v) is 17.3. The Morgan fingerprint density at radius 1 is 1.07 bits per heavy atom. The lowest BCUT2D eigenvalue weighted by atomic mass is 10.1. The van der Waals surface area contributed by atoms with Gasteiger partial charge in [0.25, 0.3) is 5.91 Å². The van der Waals surface area contributed by atoms with Crippen LogP contribution in [0.1, 0.15) is 27.6 Å². The number of ether oxygens (including phenoxy) is 3. The summed E-state index contributed by atoms with van der Waals surface area (Å²) >= 11 is 1.41. The van der Waals surface area contributed by atoms with Crippen molar-refractivity contribution in [3.05, 3.63) is 58.4 Å². The lowest BCUT2D eigenvalue weighted by molar-refractivity contribution is 0.0600. The molecule has 0 bridgehead atoms. The standard InChI is InChI=1S/C21H22N2O5S/c1-4-28-16-6-5-7-17-18(16)23(12-13-26-2)21(29-17)22-19(24)14-8-10-15(11-9-14)20(25)27-3/h5-11H,4,12-13H2,1-3H3. The average molecular weight is 414 g/mol. The SMILES string of the molecule is CCOc1cccc2sc(=NC(=O)c3ccc(C(=O)OC)cc3)n(CCOC)c12. The Morgan fingerprint density at radius 2 is 1.79 bits per heavy atom. The maximum Gasteiger partial charge on any atom is 0.337 e. The number of thiazole rings is 1. The number of nitrogens with zero attached hydrogens (tertiary/aromatic N) is 2. The Balaban J connectivity index is 2.05. The number of methoxy groups -OCH3 is 2. The highest BCUT2D eigenvalue weighted by molar-refractivity contribution is 7.16. The van der Waals surface area contributed by atoms with E-state index < -0.39 is 11.9 Å². The van der Waals surface area contributed by atoms with Crippen molar-refractivity contribution in [2.75, 3.05) is 27.4 Å². The van der Waals surface area contributed by atoms with Crippen molar-refractivity contribution >= 4 is 33.4 Å². The molecule has 1 amide bonds. The van der Waals surface area contributed by atoms with E-state index in [1.807, 2.05) is 29.7 Å². The molecular formula is C21H22N2O5S. The van der Waals surface area contributed by atoms with Crippen LogP contribution in [-0.2, 0) is 16.0 Å². The van der Waals surface area contributed by atoms with Gasteiger partial charge in [0, 0.05) is 19.2 Å². The van der Waals surface area contributed by atoms with Gasteiger partial charge in [0.05, 0.1) is 30.6 Å². The van der Waals surface area contributed by atoms with Crippen molar-refractivity contribution in [3.63, 3.8) is 0 Å². The number of esters is 1. The third kappa shape index (κ3) is 4.55. The van der Waals surface area contributed by atoms with Crippen LogP contribution in [0.3, 0.4) is 0 Å². The van der Waals surface area contributed by atoms with Crippen LogP contribution in [0.15, 0.2) is 47.5 Å². The highest BCUT2D eigenvalue weighted by atomic mass is 32.1. The van der Waals surface area contributed by atoms with Crippen LogP contribution >= 0.6 is 11.3 Å². The normalized spacial score (nSPS) is 11.6. The number of rotatable bonds is 7. The van der Waals surface area contributed by atoms with E-state index in [-0.39, 0.29) is 0 Å². The molecule has 0 aliphatic rings. The summed E-state index contributed by atoms with van der Waals surface area (Å²) in [6, 6.07) is 12.0. The van der Waals surface area contributed by atoms with Gasteiger partial charge in [-0.05, 0) is 43.3 Å². The second-order valence-corrected chi connectivity index (χ2v) is 7.06. The molecule has 152 valence electrons. The van der Waals surface area contributed by atoms with E-state index in [4.69, 9.17) is 9.47 Å². The van der Waals surface area contributed by atoms with Crippen LogP contribution < -0.4 is 9.54 Å². The Labute approximate surface area is 172 Å². The molecule has 0 spiro atoms. The van der Waals surface area contributed by atoms with Crippen molar-refractivity contribution in [1.82, 2.24) is 4.57 Å². The first kappa shape index (κ1) is 20.8. The summed E-state index contributed by atoms with van der Waals surface area (Å²) in [5.74, 6) is -0.0999. The van der Waals surface area contributed by atoms with Crippen molar-refractivity contribution in [2.24, 2.45) is 4.99 Å². The van der Waals surface area contributed by atoms with E-state index in [1.54, 1.807) is 31.4 Å². The lowest BCUT2D eigenvalue weighted by Crippen LogP contribution is -2.19. The van der Waals surface area contributed by atoms with Crippen molar-refractivity contribution in [1.29, 1.82) is 0 Å². The molecule has 7 nitrogen and oxygen atoms in total. The summed E-state index contributed by atoms with van der Waals surface area (Å²) in [4.78, 5) is 29.2. The number of aromatic nitrogens is 1. The molecule has 29 heavy (non-hydrogen) atoms. The first-order valence-electron chi connectivity index (χ1n) is 9.10. The molecule has 1 heterocycles. The number of carbonyl (C=O) groups excluding carboxylic acids is 2. The van der Waals surface area contributed by atoms with E-state index in [9.17, 15) is 9.59 Å². The molecule has 1 aromatic heterocycles. The molecule has 0 saturated carbocycles. The van der Waals surface area contributed by atoms with Crippen LogP contribution in [0, 0.1) is 0 Å². The number of amides is 1. The highest BCUT2D eigenvalue weighted by Gasteiger charge is 2.14. The Bertz CT molecular complexity index is 1080. The average Bonchev–Trinajstić information content (AvgIpc) is 3.09. The number of fused-ring (bicyclic) bond motifs is 1. The van der Waals surface area contributed by atoms with E-state index >= 15 is 0 Å². The molecule has 0 saturated heterocycles. The maximum absolute atomic E-state index is 12.7. The molecule has 3 rings (SSSR count). The van der Waals surface area contributed by atoms with Crippen LogP contribution in [0.5, 0.6) is 5.75 Å². The Morgan fingerprint density at radius 3 is 2.45 bits per heavy atom. The summed E-state index contributed by atoms with van der Waals surface area (Å²) in [5, 5.41) is 0. The lowest BCUT2D eigenvalue weighted by Gasteiger charge is -2.09. The maximum atomic E-state index is 12.7. The van der Waals surface area contributed by atoms with Crippen LogP contribution in [0.2, 0.25) is 0 Å². The van der Waals surface area contributed by atoms with Gasteiger partial charge in [-0.1, -0.05) is 17.4 Å². The minimum atomic E-state index is -0.452. The molecule has 0 aliphatic carbocycles. The smallest absolute Gasteiger partial charge is 0.337 e. The topological polar surface area (TPSA) is 79.1 Å². The molecule has 2 aromatic carbocycles. The van der Waals surface area contributed by atoms with Crippen molar-refractivity contribution in [3.8, 4) is 5.75 Å². The first-order chi connectivity index (χ1) is 14.1. The summed E-state index contributed by atoms with van der Waals surface area (Å²) in [7, 11) is 2.94. The number of para-hydroxylation sites is 1. The fourth-order valence-corrected chi connectivity index (χ4v) is 3.94. The number of hydrogen-bond acceptors (Lipinski definition) is 6. The van der Waals surface area contributed by atoms with Crippen LogP contribution in [-0.4, -0.2) is 43.9 Å². The third-order valence-electron chi connectivity index (χ3n) is 4.23. The monoisotopic (exact) mass is 414 g/mol. The van der Waals surface area contributed by atoms with Crippen molar-refractivity contribution < 1.29 is 23.8 Å². The second-order valence-electron chi connectivity index (χ2n) is 6.05. The van der Waals surface area contributed by atoms with Gasteiger partial charge in [0.1, 0.15) is 11.3 Å². The number of carbonyl (C=O) groups is 2. The minimum absolute atomic E-state index is 0.377. The molecular weight excluding hydrogens is 392 g/mol. The quantitative estimate of drug-likeness (QED) is 0.555. The molecule has 0 fully saturated rings. The van der Waals surface area contributed by atoms with Crippen LogP contribution in [0.25, 0.3) is 10.2 Å². The zero-order valence-electron chi connectivity index (χ0n) is 16.5. The van der Waals surface area contributed by atoms with E-state index in [1.165, 1.54) is 18.4 Å². The van der Waals surface area contributed by atoms with Gasteiger partial charge in [-0.25, -0.2) is 4.79 Å². The van der Waals surface area contributed by atoms with Crippen LogP contribution in [0.4, 0.5) is 0 Å². The number of hydrogen-bond donors (Lipinski definition) is 0. The fourth-order valence-electron chi connectivity index (χ4n) is 2.86. The molecule has 0 radical (unpaired) electrons. The molecule has 0 N–H and O–H groups in total. The third-order valence-corrected chi connectivity index (χ3v) is 5.28. The fraction of sp³-hybridized carbons (Fsp3) is 0.286. The van der Waals surface area contributed by atoms with Gasteiger partial charge in [-0.2, -0.15) is 4.99 Å². The highest BCUT2D eigenvalue weighted by Crippen LogP contribution is 2.27. The van der Waals surface area contributed by atoms with E-state index in [2.05, 4.69) is 9.73 Å². The zero-order chi connectivity index (χ0) is 20.8. The predicted octanol–water partition coefficient (Wildman–Crippen LogP) is 3.28. The summed E-state index contributed by atoms with van der Waals surface area (Å²) in [5.41, 5.74) is 1.66. The van der Waals surface area contributed by atoms with Gasteiger partial charge in [-0.3, -0.25) is 4.79 Å². The summed E-state index contributed by atoms with van der Waals surface area (Å²) in [6.07, 6.45) is 0. The Hall–Kier alpha value is -2.97. The molecule has 0 atom stereocenters. The minimum Gasteiger partial charge on any atom is -0.492 e.